The Morgan fingerprint density at radius 3 is 2.79 bits per heavy atom. The largest absolute Gasteiger partial charge is 0.494 e. The number of thiophene rings is 1. The van der Waals surface area contributed by atoms with Gasteiger partial charge in [0.05, 0.1) is 22.5 Å². The third kappa shape index (κ3) is 6.45. The minimum absolute atomic E-state index is 0.0275. The second-order valence-corrected chi connectivity index (χ2v) is 9.18. The molecule has 5 nitrogen and oxygen atoms in total. The van der Waals surface area contributed by atoms with E-state index in [1.807, 2.05) is 35.7 Å². The van der Waals surface area contributed by atoms with E-state index in [-0.39, 0.29) is 5.91 Å². The van der Waals surface area contributed by atoms with Gasteiger partial charge >= 0.3 is 0 Å². The first-order valence-electron chi connectivity index (χ1n) is 11.7. The normalized spacial score (nSPS) is 11.1. The molecule has 0 aliphatic carbocycles. The number of fused-ring (bicyclic) bond motifs is 1. The number of ether oxygens (including phenoxy) is 1. The number of hydrogen-bond acceptors (Lipinski definition) is 4. The van der Waals surface area contributed by atoms with E-state index in [2.05, 4.69) is 47.1 Å². The van der Waals surface area contributed by atoms with Gasteiger partial charge in [0.25, 0.3) is 5.91 Å². The maximum atomic E-state index is 12.0. The summed E-state index contributed by atoms with van der Waals surface area (Å²) in [5.74, 6) is 2.09. The number of rotatable bonds is 12. The van der Waals surface area contributed by atoms with Gasteiger partial charge in [0.1, 0.15) is 11.6 Å². The van der Waals surface area contributed by atoms with Crippen LogP contribution in [0.4, 0.5) is 0 Å². The summed E-state index contributed by atoms with van der Waals surface area (Å²) < 4.78 is 8.28. The molecule has 0 radical (unpaired) electrons. The van der Waals surface area contributed by atoms with Crippen LogP contribution in [0.15, 0.2) is 66.0 Å². The van der Waals surface area contributed by atoms with Gasteiger partial charge < -0.3 is 14.6 Å². The highest BCUT2D eigenvalue weighted by molar-refractivity contribution is 7.12. The van der Waals surface area contributed by atoms with Gasteiger partial charge in [-0.2, -0.15) is 0 Å². The van der Waals surface area contributed by atoms with E-state index >= 15 is 0 Å². The molecule has 0 unspecified atom stereocenters. The average Bonchev–Trinajstić information content (AvgIpc) is 3.47. The molecule has 2 heterocycles. The van der Waals surface area contributed by atoms with Crippen LogP contribution in [0.25, 0.3) is 11.0 Å². The molecule has 6 heteroatoms. The van der Waals surface area contributed by atoms with Crippen molar-refractivity contribution in [2.24, 2.45) is 0 Å². The minimum Gasteiger partial charge on any atom is -0.494 e. The third-order valence-electron chi connectivity index (χ3n) is 5.63. The number of amides is 1. The molecule has 0 atom stereocenters. The van der Waals surface area contributed by atoms with Crippen molar-refractivity contribution < 1.29 is 9.53 Å². The maximum absolute atomic E-state index is 12.0. The minimum atomic E-state index is 0.0275. The summed E-state index contributed by atoms with van der Waals surface area (Å²) in [7, 11) is 0. The lowest BCUT2D eigenvalue weighted by Gasteiger charge is -2.11. The zero-order valence-corrected chi connectivity index (χ0v) is 19.9. The van der Waals surface area contributed by atoms with E-state index in [1.54, 1.807) is 0 Å². The van der Waals surface area contributed by atoms with Crippen LogP contribution < -0.4 is 10.1 Å². The predicted molar refractivity (Wildman–Crippen MR) is 135 cm³/mol. The van der Waals surface area contributed by atoms with Crippen molar-refractivity contribution in [3.63, 3.8) is 0 Å². The Kier molecular flexibility index (Phi) is 8.14. The van der Waals surface area contributed by atoms with Crippen LogP contribution in [0, 0.1) is 6.92 Å². The number of carbonyl (C=O) groups is 1. The lowest BCUT2D eigenvalue weighted by molar-refractivity contribution is 0.0957. The zero-order chi connectivity index (χ0) is 22.9. The van der Waals surface area contributed by atoms with Crippen molar-refractivity contribution in [2.45, 2.75) is 45.6 Å². The molecule has 0 spiro atoms. The molecule has 2 aromatic carbocycles. The topological polar surface area (TPSA) is 56.1 Å². The number of unbranched alkanes of at least 4 members (excludes halogenated alkanes) is 2. The Hall–Kier alpha value is -3.12. The first-order valence-corrected chi connectivity index (χ1v) is 12.5. The van der Waals surface area contributed by atoms with Gasteiger partial charge in [-0.15, -0.1) is 11.3 Å². The molecule has 172 valence electrons. The first-order chi connectivity index (χ1) is 16.2. The molecular formula is C27H31N3O2S. The summed E-state index contributed by atoms with van der Waals surface area (Å²) in [6.45, 7) is 4.36. The van der Waals surface area contributed by atoms with Crippen LogP contribution in [0.3, 0.4) is 0 Å². The van der Waals surface area contributed by atoms with E-state index < -0.39 is 0 Å². The van der Waals surface area contributed by atoms with E-state index in [1.165, 1.54) is 22.4 Å². The van der Waals surface area contributed by atoms with Crippen molar-refractivity contribution in [3.8, 4) is 5.75 Å². The van der Waals surface area contributed by atoms with Gasteiger partial charge in [0, 0.05) is 19.5 Å². The number of hydrogen-bond donors (Lipinski definition) is 1. The van der Waals surface area contributed by atoms with Crippen molar-refractivity contribution in [2.75, 3.05) is 13.2 Å². The molecule has 2 aromatic heterocycles. The summed E-state index contributed by atoms with van der Waals surface area (Å²) >= 11 is 1.48. The molecule has 1 amide bonds. The molecule has 33 heavy (non-hydrogen) atoms. The Morgan fingerprint density at radius 1 is 1.03 bits per heavy atom. The number of nitrogens with zero attached hydrogens (tertiary/aromatic N) is 2. The molecule has 0 fully saturated rings. The quantitative estimate of drug-likeness (QED) is 0.263. The fourth-order valence-electron chi connectivity index (χ4n) is 3.97. The molecule has 0 aliphatic heterocycles. The standard InChI is InChI=1S/C27H31N3O2S/c1-21-10-7-11-22(20-21)32-18-9-17-30-24-13-5-4-12-23(24)29-26(30)15-3-2-6-16-28-27(31)25-14-8-19-33-25/h4-5,7-8,10-14,19-20H,2-3,6,9,15-18H2,1H3,(H,28,31). The second kappa shape index (κ2) is 11.7. The molecule has 0 saturated heterocycles. The number of carbonyl (C=O) groups excluding carboxylic acids is 1. The molecule has 0 bridgehead atoms. The highest BCUT2D eigenvalue weighted by Gasteiger charge is 2.10. The van der Waals surface area contributed by atoms with Crippen LogP contribution >= 0.6 is 11.3 Å². The Balaban J connectivity index is 1.25. The lowest BCUT2D eigenvalue weighted by Crippen LogP contribution is -2.23. The fraction of sp³-hybridized carbons (Fsp3) is 0.333. The molecule has 0 saturated carbocycles. The molecule has 0 aliphatic rings. The van der Waals surface area contributed by atoms with Gasteiger partial charge in [-0.25, -0.2) is 4.98 Å². The molecule has 4 aromatic rings. The number of imidazole rings is 1. The predicted octanol–water partition coefficient (Wildman–Crippen LogP) is 6.02. The highest BCUT2D eigenvalue weighted by Crippen LogP contribution is 2.19. The first kappa shape index (κ1) is 23.1. The maximum Gasteiger partial charge on any atom is 0.261 e. The van der Waals surface area contributed by atoms with Crippen molar-refractivity contribution >= 4 is 28.3 Å². The van der Waals surface area contributed by atoms with Gasteiger partial charge in [-0.1, -0.05) is 36.8 Å². The van der Waals surface area contributed by atoms with Crippen LogP contribution in [-0.2, 0) is 13.0 Å². The summed E-state index contributed by atoms with van der Waals surface area (Å²) in [4.78, 5) is 17.7. The van der Waals surface area contributed by atoms with Crippen LogP contribution in [0.2, 0.25) is 0 Å². The van der Waals surface area contributed by atoms with E-state index in [0.717, 1.165) is 60.6 Å². The summed E-state index contributed by atoms with van der Waals surface area (Å²) in [6.07, 6.45) is 4.95. The monoisotopic (exact) mass is 461 g/mol. The van der Waals surface area contributed by atoms with Gasteiger partial charge in [-0.3, -0.25) is 4.79 Å². The second-order valence-electron chi connectivity index (χ2n) is 8.23. The van der Waals surface area contributed by atoms with Gasteiger partial charge in [-0.05, 0) is 67.5 Å². The van der Waals surface area contributed by atoms with E-state index in [0.29, 0.717) is 13.2 Å². The van der Waals surface area contributed by atoms with E-state index in [4.69, 9.17) is 9.72 Å². The fourth-order valence-corrected chi connectivity index (χ4v) is 4.61. The number of aromatic nitrogens is 2. The van der Waals surface area contributed by atoms with Crippen LogP contribution in [0.1, 0.15) is 46.7 Å². The van der Waals surface area contributed by atoms with Crippen molar-refractivity contribution in [1.29, 1.82) is 0 Å². The van der Waals surface area contributed by atoms with Gasteiger partial charge in [0.2, 0.25) is 0 Å². The summed E-state index contributed by atoms with van der Waals surface area (Å²) in [5.41, 5.74) is 3.45. The van der Waals surface area contributed by atoms with Crippen molar-refractivity contribution in [3.05, 3.63) is 82.3 Å². The lowest BCUT2D eigenvalue weighted by atomic mass is 10.2. The average molecular weight is 462 g/mol. The number of benzene rings is 2. The molecule has 4 rings (SSSR count). The highest BCUT2D eigenvalue weighted by atomic mass is 32.1. The smallest absolute Gasteiger partial charge is 0.261 e. The summed E-state index contributed by atoms with van der Waals surface area (Å²) in [5, 5.41) is 4.93. The zero-order valence-electron chi connectivity index (χ0n) is 19.1. The Labute approximate surface area is 199 Å². The summed E-state index contributed by atoms with van der Waals surface area (Å²) in [6, 6.07) is 20.3. The molecule has 1 N–H and O–H groups in total. The number of aryl methyl sites for hydroxylation is 3. The Morgan fingerprint density at radius 2 is 1.94 bits per heavy atom. The van der Waals surface area contributed by atoms with Crippen molar-refractivity contribution in [1.82, 2.24) is 14.9 Å². The Bertz CT molecular complexity index is 1170. The SMILES string of the molecule is Cc1cccc(OCCCn2c(CCCCCNC(=O)c3cccs3)nc3ccccc32)c1. The number of para-hydroxylation sites is 2. The van der Waals surface area contributed by atoms with Gasteiger partial charge in [0.15, 0.2) is 0 Å². The third-order valence-corrected chi connectivity index (χ3v) is 6.49. The van der Waals surface area contributed by atoms with Crippen LogP contribution in [0.5, 0.6) is 5.75 Å². The molecular weight excluding hydrogens is 430 g/mol. The van der Waals surface area contributed by atoms with Crippen LogP contribution in [-0.4, -0.2) is 28.6 Å². The van der Waals surface area contributed by atoms with E-state index in [9.17, 15) is 4.79 Å². The number of nitrogens with one attached hydrogen (secondary N) is 1.